The highest BCUT2D eigenvalue weighted by atomic mass is 16.5. The summed E-state index contributed by atoms with van der Waals surface area (Å²) >= 11 is 0. The van der Waals surface area contributed by atoms with Crippen molar-refractivity contribution in [3.63, 3.8) is 0 Å². The maximum atomic E-state index is 12.5. The first-order valence-corrected chi connectivity index (χ1v) is 9.99. The number of fused-ring (bicyclic) bond motifs is 1. The molecule has 0 radical (unpaired) electrons. The van der Waals surface area contributed by atoms with Crippen molar-refractivity contribution in [1.82, 2.24) is 24.1 Å². The number of rotatable bonds is 5. The van der Waals surface area contributed by atoms with Crippen LogP contribution in [0.25, 0.3) is 11.2 Å². The van der Waals surface area contributed by atoms with Crippen LogP contribution in [-0.4, -0.2) is 37.3 Å². The molecule has 4 heterocycles. The van der Waals surface area contributed by atoms with Crippen molar-refractivity contribution in [1.29, 1.82) is 5.26 Å². The van der Waals surface area contributed by atoms with Gasteiger partial charge in [0.25, 0.3) is 5.56 Å². The Kier molecular flexibility index (Phi) is 5.84. The van der Waals surface area contributed by atoms with Gasteiger partial charge in [-0.3, -0.25) is 10.1 Å². The molecule has 0 atom stereocenters. The number of carbonyl (C=O) groups is 1. The molecule has 34 heavy (non-hydrogen) atoms. The molecule has 0 saturated heterocycles. The number of carbonyl (C=O) groups excluding carboxylic acids is 1. The third-order valence-corrected chi connectivity index (χ3v) is 4.92. The van der Waals surface area contributed by atoms with E-state index in [0.717, 1.165) is 5.56 Å². The molecule has 0 spiro atoms. The predicted molar refractivity (Wildman–Crippen MR) is 123 cm³/mol. The highest BCUT2D eigenvalue weighted by Crippen LogP contribution is 2.31. The molecule has 1 amide bonds. The molecule has 0 bridgehead atoms. The highest BCUT2D eigenvalue weighted by Gasteiger charge is 2.19. The molecule has 172 valence electrons. The number of amides is 1. The molecular formula is C22H20N8O4. The average molecular weight is 460 g/mol. The smallest absolute Gasteiger partial charge is 0.412 e. The lowest BCUT2D eigenvalue weighted by Crippen LogP contribution is -2.20. The number of nitrogens with zero attached hydrogens (tertiary/aromatic N) is 6. The number of aryl methyl sites for hydroxylation is 3. The van der Waals surface area contributed by atoms with E-state index in [1.54, 1.807) is 37.0 Å². The Morgan fingerprint density at radius 1 is 1.24 bits per heavy atom. The Balaban J connectivity index is 1.71. The van der Waals surface area contributed by atoms with Crippen LogP contribution in [0.4, 0.5) is 22.2 Å². The van der Waals surface area contributed by atoms with Gasteiger partial charge in [0.2, 0.25) is 5.95 Å². The minimum absolute atomic E-state index is 0.186. The lowest BCUT2D eigenvalue weighted by molar-refractivity contribution is 0.187. The molecule has 0 aliphatic heterocycles. The van der Waals surface area contributed by atoms with Crippen LogP contribution in [0, 0.1) is 18.3 Å². The van der Waals surface area contributed by atoms with E-state index in [-0.39, 0.29) is 22.7 Å². The summed E-state index contributed by atoms with van der Waals surface area (Å²) in [4.78, 5) is 36.7. The van der Waals surface area contributed by atoms with E-state index >= 15 is 0 Å². The van der Waals surface area contributed by atoms with Gasteiger partial charge in [-0.15, -0.1) is 0 Å². The number of nitriles is 1. The molecule has 4 rings (SSSR count). The third-order valence-electron chi connectivity index (χ3n) is 4.92. The Labute approximate surface area is 193 Å². The maximum Gasteiger partial charge on any atom is 0.412 e. The standard InChI is InChI=1S/C22H20N8O4/c1-12-7-15(20(31)29(2)11-12)26-21-28-19-18(30(21)3)14(9-23)16(10-25-19)34-13-5-6-24-17(8-13)27-22(32)33-4/h5-8,10-11H,1-4H3,(H,24,27,32)(H,25,26,28). The van der Waals surface area contributed by atoms with Gasteiger partial charge >= 0.3 is 6.09 Å². The molecule has 0 unspecified atom stereocenters. The summed E-state index contributed by atoms with van der Waals surface area (Å²) in [7, 11) is 4.61. The molecule has 2 N–H and O–H groups in total. The van der Waals surface area contributed by atoms with Gasteiger partial charge in [0.15, 0.2) is 11.4 Å². The van der Waals surface area contributed by atoms with Crippen LogP contribution in [0.2, 0.25) is 0 Å². The van der Waals surface area contributed by atoms with Gasteiger partial charge in [-0.1, -0.05) is 0 Å². The lowest BCUT2D eigenvalue weighted by atomic mass is 10.2. The van der Waals surface area contributed by atoms with Crippen molar-refractivity contribution in [2.24, 2.45) is 14.1 Å². The fraction of sp³-hybridized carbons (Fsp3) is 0.182. The minimum atomic E-state index is -0.677. The van der Waals surface area contributed by atoms with Crippen molar-refractivity contribution in [3.05, 3.63) is 58.3 Å². The van der Waals surface area contributed by atoms with Crippen molar-refractivity contribution in [3.8, 4) is 17.6 Å². The molecular weight excluding hydrogens is 440 g/mol. The quantitative estimate of drug-likeness (QED) is 0.458. The number of hydrogen-bond acceptors (Lipinski definition) is 9. The zero-order valence-corrected chi connectivity index (χ0v) is 18.8. The fourth-order valence-electron chi connectivity index (χ4n) is 3.37. The van der Waals surface area contributed by atoms with Crippen LogP contribution < -0.4 is 20.9 Å². The van der Waals surface area contributed by atoms with Crippen LogP contribution in [0.1, 0.15) is 11.1 Å². The van der Waals surface area contributed by atoms with Crippen molar-refractivity contribution in [2.45, 2.75) is 6.92 Å². The van der Waals surface area contributed by atoms with E-state index in [1.165, 1.54) is 30.1 Å². The van der Waals surface area contributed by atoms with Gasteiger partial charge in [0, 0.05) is 32.6 Å². The SMILES string of the molecule is COC(=O)Nc1cc(Oc2cnc3nc(Nc4cc(C)cn(C)c4=O)n(C)c3c2C#N)ccn1. The van der Waals surface area contributed by atoms with Gasteiger partial charge in [-0.25, -0.2) is 14.8 Å². The van der Waals surface area contributed by atoms with Crippen LogP contribution in [0.5, 0.6) is 11.5 Å². The summed E-state index contributed by atoms with van der Waals surface area (Å²) in [5, 5.41) is 15.4. The van der Waals surface area contributed by atoms with Crippen molar-refractivity contribution in [2.75, 3.05) is 17.7 Å². The predicted octanol–water partition coefficient (Wildman–Crippen LogP) is 2.96. The fourth-order valence-corrected chi connectivity index (χ4v) is 3.37. The number of nitrogens with one attached hydrogen (secondary N) is 2. The van der Waals surface area contributed by atoms with Gasteiger partial charge < -0.3 is 23.9 Å². The zero-order valence-electron chi connectivity index (χ0n) is 18.8. The van der Waals surface area contributed by atoms with Crippen LogP contribution in [0.3, 0.4) is 0 Å². The topological polar surface area (TPSA) is 149 Å². The zero-order chi connectivity index (χ0) is 24.4. The number of imidazole rings is 1. The Hall–Kier alpha value is -4.92. The number of pyridine rings is 3. The third kappa shape index (κ3) is 4.22. The van der Waals surface area contributed by atoms with E-state index in [9.17, 15) is 14.9 Å². The number of aromatic nitrogens is 5. The summed E-state index contributed by atoms with van der Waals surface area (Å²) in [6.07, 6.45) is 3.88. The summed E-state index contributed by atoms with van der Waals surface area (Å²) in [6.45, 7) is 1.88. The summed E-state index contributed by atoms with van der Waals surface area (Å²) < 4.78 is 13.5. The largest absolute Gasteiger partial charge is 0.454 e. The van der Waals surface area contributed by atoms with Gasteiger partial charge in [0.05, 0.1) is 13.3 Å². The first-order chi connectivity index (χ1) is 16.3. The molecule has 0 aromatic carbocycles. The molecule has 0 fully saturated rings. The van der Waals surface area contributed by atoms with Crippen LogP contribution in [-0.2, 0) is 18.8 Å². The highest BCUT2D eigenvalue weighted by molar-refractivity contribution is 5.85. The molecule has 4 aromatic rings. The summed E-state index contributed by atoms with van der Waals surface area (Å²) in [6, 6.07) is 6.90. The van der Waals surface area contributed by atoms with E-state index in [1.807, 2.05) is 6.92 Å². The summed E-state index contributed by atoms with van der Waals surface area (Å²) in [5.74, 6) is 1.06. The van der Waals surface area contributed by atoms with Crippen LogP contribution >= 0.6 is 0 Å². The Bertz CT molecular complexity index is 1520. The Morgan fingerprint density at radius 2 is 2.03 bits per heavy atom. The molecule has 12 nitrogen and oxygen atoms in total. The molecule has 0 aliphatic carbocycles. The normalized spacial score (nSPS) is 10.6. The minimum Gasteiger partial charge on any atom is -0.454 e. The summed E-state index contributed by atoms with van der Waals surface area (Å²) in [5.41, 5.74) is 1.95. The second kappa shape index (κ2) is 8.91. The van der Waals surface area contributed by atoms with Gasteiger partial charge in [-0.05, 0) is 24.6 Å². The Morgan fingerprint density at radius 3 is 2.76 bits per heavy atom. The maximum absolute atomic E-state index is 12.5. The molecule has 4 aromatic heterocycles. The van der Waals surface area contributed by atoms with E-state index in [0.29, 0.717) is 28.5 Å². The molecule has 0 aliphatic rings. The molecule has 12 heteroatoms. The van der Waals surface area contributed by atoms with Gasteiger partial charge in [0.1, 0.15) is 34.4 Å². The second-order valence-electron chi connectivity index (χ2n) is 7.34. The number of anilines is 3. The van der Waals surface area contributed by atoms with Crippen molar-refractivity contribution < 1.29 is 14.3 Å². The van der Waals surface area contributed by atoms with Gasteiger partial charge in [-0.2, -0.15) is 10.2 Å². The average Bonchev–Trinajstić information content (AvgIpc) is 3.12. The number of methoxy groups -OCH3 is 1. The van der Waals surface area contributed by atoms with E-state index < -0.39 is 6.09 Å². The van der Waals surface area contributed by atoms with Crippen LogP contribution in [0.15, 0.2) is 41.6 Å². The van der Waals surface area contributed by atoms with E-state index in [4.69, 9.17) is 4.74 Å². The first-order valence-electron chi connectivity index (χ1n) is 9.99. The first kappa shape index (κ1) is 22.3. The molecule has 0 saturated carbocycles. The lowest BCUT2D eigenvalue weighted by Gasteiger charge is -2.10. The number of hydrogen-bond donors (Lipinski definition) is 2. The second-order valence-corrected chi connectivity index (χ2v) is 7.34. The number of ether oxygens (including phenoxy) is 2. The van der Waals surface area contributed by atoms with E-state index in [2.05, 4.69) is 36.4 Å². The monoisotopic (exact) mass is 460 g/mol. The van der Waals surface area contributed by atoms with Crippen molar-refractivity contribution >= 4 is 34.7 Å².